The van der Waals surface area contributed by atoms with Gasteiger partial charge in [-0.25, -0.2) is 13.8 Å². The number of H-pyrrole nitrogens is 1. The van der Waals surface area contributed by atoms with Crippen molar-refractivity contribution in [3.63, 3.8) is 0 Å². The van der Waals surface area contributed by atoms with Crippen molar-refractivity contribution in [2.24, 2.45) is 5.73 Å². The molecule has 1 heterocycles. The van der Waals surface area contributed by atoms with E-state index in [2.05, 4.69) is 39.1 Å². The normalized spacial score (nSPS) is 12.3. The number of benzene rings is 2. The van der Waals surface area contributed by atoms with Crippen molar-refractivity contribution in [2.45, 2.75) is 6.04 Å². The summed E-state index contributed by atoms with van der Waals surface area (Å²) < 4.78 is 29.0. The fourth-order valence-corrected chi connectivity index (χ4v) is 3.55. The molecular weight excluding hydrogens is 425 g/mol. The minimum atomic E-state index is -0.624. The first-order valence-corrected chi connectivity index (χ1v) is 8.72. The molecule has 1 unspecified atom stereocenters. The van der Waals surface area contributed by atoms with E-state index >= 15 is 0 Å². The second-order valence-corrected chi connectivity index (χ2v) is 6.15. The molecule has 0 aliphatic rings. The molecule has 1 aromatic heterocycles. The van der Waals surface area contributed by atoms with Crippen LogP contribution in [0, 0.1) is 11.6 Å². The maximum Gasteiger partial charge on any atom is 0.131 e. The molecule has 3 aromatic rings. The second-order valence-electron chi connectivity index (χ2n) is 5.27. The van der Waals surface area contributed by atoms with E-state index < -0.39 is 17.7 Å². The first kappa shape index (κ1) is 16.7. The largest absolute Gasteiger partial charge is 0.386 e. The van der Waals surface area contributed by atoms with Gasteiger partial charge in [-0.05, 0) is 30.3 Å². The van der Waals surface area contributed by atoms with Gasteiger partial charge in [-0.1, -0.05) is 35.2 Å². The molecule has 0 saturated carbocycles. The average Bonchev–Trinajstić information content (AvgIpc) is 3.00. The Labute approximate surface area is 151 Å². The third kappa shape index (κ3) is 2.95. The van der Waals surface area contributed by atoms with Crippen molar-refractivity contribution >= 4 is 39.3 Å². The van der Waals surface area contributed by atoms with Gasteiger partial charge in [0.2, 0.25) is 0 Å². The van der Waals surface area contributed by atoms with Crippen LogP contribution >= 0.6 is 22.6 Å². The van der Waals surface area contributed by atoms with Crippen LogP contribution < -0.4 is 10.6 Å². The third-order valence-corrected chi connectivity index (χ3v) is 4.62. The summed E-state index contributed by atoms with van der Waals surface area (Å²) in [5.74, 6) is -1.01. The highest BCUT2D eigenvalue weighted by molar-refractivity contribution is 14.1. The highest BCUT2D eigenvalue weighted by Gasteiger charge is 2.27. The Hall–Kier alpha value is -2.16. The lowest BCUT2D eigenvalue weighted by molar-refractivity contribution is 0.533. The van der Waals surface area contributed by atoms with Crippen LogP contribution in [0.15, 0.2) is 55.1 Å². The first-order valence-electron chi connectivity index (χ1n) is 7.19. The van der Waals surface area contributed by atoms with Crippen LogP contribution in [-0.4, -0.2) is 14.4 Å². The van der Waals surface area contributed by atoms with Crippen molar-refractivity contribution in [1.82, 2.24) is 9.97 Å². The zero-order chi connectivity index (χ0) is 17.3. The second kappa shape index (κ2) is 6.76. The topological polar surface area (TPSA) is 57.9 Å². The van der Waals surface area contributed by atoms with Crippen LogP contribution in [0.3, 0.4) is 0 Å². The Morgan fingerprint density at radius 1 is 1.29 bits per heavy atom. The summed E-state index contributed by atoms with van der Waals surface area (Å²) in [6.07, 6.45) is 1.59. The van der Waals surface area contributed by atoms with E-state index in [1.165, 1.54) is 18.2 Å². The summed E-state index contributed by atoms with van der Waals surface area (Å²) in [6, 6.07) is 8.67. The molecule has 7 heteroatoms. The summed E-state index contributed by atoms with van der Waals surface area (Å²) in [6.45, 7) is 3.78. The van der Waals surface area contributed by atoms with E-state index in [9.17, 15) is 8.78 Å². The molecule has 4 nitrogen and oxygen atoms in total. The smallest absolute Gasteiger partial charge is 0.131 e. The van der Waals surface area contributed by atoms with Crippen LogP contribution in [0.25, 0.3) is 11.0 Å². The van der Waals surface area contributed by atoms with Crippen molar-refractivity contribution in [1.29, 1.82) is 0 Å². The summed E-state index contributed by atoms with van der Waals surface area (Å²) in [4.78, 5) is 8.84. The third-order valence-electron chi connectivity index (χ3n) is 3.78. The van der Waals surface area contributed by atoms with Gasteiger partial charge in [0.15, 0.2) is 0 Å². The van der Waals surface area contributed by atoms with Gasteiger partial charge in [0.25, 0.3) is 0 Å². The summed E-state index contributed by atoms with van der Waals surface area (Å²) in [7, 11) is 0. The highest BCUT2D eigenvalue weighted by atomic mass is 127. The zero-order valence-electron chi connectivity index (χ0n) is 12.6. The van der Waals surface area contributed by atoms with Gasteiger partial charge in [0.05, 0.1) is 29.2 Å². The van der Waals surface area contributed by atoms with Crippen LogP contribution in [0.2, 0.25) is 0 Å². The number of imidazole rings is 1. The number of halogens is 3. The van der Waals surface area contributed by atoms with Crippen LogP contribution in [-0.2, 0) is 0 Å². The fraction of sp³-hybridized carbons (Fsp3) is 0.118. The number of nitrogens with two attached hydrogens (primary N) is 1. The predicted molar refractivity (Wildman–Crippen MR) is 99.9 cm³/mol. The molecule has 24 heavy (non-hydrogen) atoms. The molecule has 1 atom stereocenters. The van der Waals surface area contributed by atoms with Gasteiger partial charge in [0.1, 0.15) is 11.6 Å². The Kier molecular flexibility index (Phi) is 4.70. The Bertz CT molecular complexity index is 873. The first-order chi connectivity index (χ1) is 11.5. The highest BCUT2D eigenvalue weighted by Crippen LogP contribution is 2.34. The molecule has 0 spiro atoms. The van der Waals surface area contributed by atoms with Gasteiger partial charge in [0, 0.05) is 15.7 Å². The maximum absolute atomic E-state index is 14.3. The van der Waals surface area contributed by atoms with Gasteiger partial charge in [-0.15, -0.1) is 0 Å². The number of aromatic amines is 1. The lowest BCUT2D eigenvalue weighted by Crippen LogP contribution is -2.33. The standard InChI is InChI=1S/C17H15F2IN4/c1-10(21)24(11-5-6-14-15(7-11)23-9-22-14)16(8-20)17-12(18)3-2-4-13(17)19/h2-7,9,16H,1,8,21H2,(H,22,23). The maximum atomic E-state index is 14.3. The predicted octanol–water partition coefficient (Wildman–Crippen LogP) is 4.25. The zero-order valence-corrected chi connectivity index (χ0v) is 14.8. The number of nitrogens with one attached hydrogen (secondary N) is 1. The van der Waals surface area contributed by atoms with Gasteiger partial charge in [-0.2, -0.15) is 0 Å². The number of fused-ring (bicyclic) bond motifs is 1. The molecule has 124 valence electrons. The average molecular weight is 440 g/mol. The van der Waals surface area contributed by atoms with Crippen molar-refractivity contribution in [2.75, 3.05) is 9.33 Å². The van der Waals surface area contributed by atoms with Crippen molar-refractivity contribution in [3.05, 3.63) is 72.3 Å². The molecule has 3 N–H and O–H groups in total. The summed E-state index contributed by atoms with van der Waals surface area (Å²) in [5.41, 5.74) is 8.20. The molecule has 0 aliphatic carbocycles. The van der Waals surface area contributed by atoms with Crippen molar-refractivity contribution in [3.8, 4) is 0 Å². The minimum Gasteiger partial charge on any atom is -0.386 e. The van der Waals surface area contributed by atoms with Crippen LogP contribution in [0.4, 0.5) is 14.5 Å². The number of alkyl halides is 1. The van der Waals surface area contributed by atoms with Gasteiger partial charge >= 0.3 is 0 Å². The SMILES string of the molecule is C=C(N)N(c1ccc2[nH]cnc2c1)C(CI)c1c(F)cccc1F. The Morgan fingerprint density at radius 2 is 2.00 bits per heavy atom. The molecule has 2 aromatic carbocycles. The van der Waals surface area contributed by atoms with Gasteiger partial charge < -0.3 is 15.6 Å². The number of hydrogen-bond donors (Lipinski definition) is 2. The molecular formula is C17H15F2IN4. The quantitative estimate of drug-likeness (QED) is 0.461. The minimum absolute atomic E-state index is 0.0272. The van der Waals surface area contributed by atoms with Crippen LogP contribution in [0.1, 0.15) is 11.6 Å². The van der Waals surface area contributed by atoms with E-state index in [1.54, 1.807) is 11.2 Å². The molecule has 0 amide bonds. The number of aromatic nitrogens is 2. The number of nitrogens with zero attached hydrogens (tertiary/aromatic N) is 2. The summed E-state index contributed by atoms with van der Waals surface area (Å²) in [5, 5.41) is 0. The molecule has 0 aliphatic heterocycles. The number of rotatable bonds is 5. The van der Waals surface area contributed by atoms with E-state index in [4.69, 9.17) is 5.73 Å². The Balaban J connectivity index is 2.13. The number of hydrogen-bond acceptors (Lipinski definition) is 3. The monoisotopic (exact) mass is 440 g/mol. The number of anilines is 1. The lowest BCUT2D eigenvalue weighted by Gasteiger charge is -2.33. The fourth-order valence-electron chi connectivity index (χ4n) is 2.72. The van der Waals surface area contributed by atoms with Gasteiger partial charge in [-0.3, -0.25) is 0 Å². The molecule has 0 fully saturated rings. The molecule has 0 radical (unpaired) electrons. The van der Waals surface area contributed by atoms with E-state index in [-0.39, 0.29) is 11.4 Å². The molecule has 0 saturated heterocycles. The lowest BCUT2D eigenvalue weighted by atomic mass is 10.0. The molecule has 0 bridgehead atoms. The van der Waals surface area contributed by atoms with E-state index in [0.717, 1.165) is 11.0 Å². The summed E-state index contributed by atoms with van der Waals surface area (Å²) >= 11 is 2.09. The van der Waals surface area contributed by atoms with Crippen molar-refractivity contribution < 1.29 is 8.78 Å². The Morgan fingerprint density at radius 3 is 2.62 bits per heavy atom. The van der Waals surface area contributed by atoms with Crippen LogP contribution in [0.5, 0.6) is 0 Å². The van der Waals surface area contributed by atoms with E-state index in [0.29, 0.717) is 10.1 Å². The molecule has 3 rings (SSSR count). The van der Waals surface area contributed by atoms with E-state index in [1.807, 2.05) is 18.2 Å².